The maximum Gasteiger partial charge on any atom is 0.434 e. The topological polar surface area (TPSA) is 154 Å². The van der Waals surface area contributed by atoms with Crippen molar-refractivity contribution in [3.63, 3.8) is 0 Å². The van der Waals surface area contributed by atoms with E-state index in [1.54, 1.807) is 0 Å². The van der Waals surface area contributed by atoms with Crippen LogP contribution in [0.15, 0.2) is 134 Å². The Hall–Kier alpha value is -8.98. The van der Waals surface area contributed by atoms with Crippen LogP contribution in [0, 0.1) is 11.8 Å². The standard InChI is InChI=1S/C60H44F16N6O6/c61-55(62,63)35-22-15-31(16-23-35)32-19-26-37(27-20-32)59(73,74)87-45-11-3-1-7-38(45)44-10-6-14-48(79-44)82-52(58(70,71)72)49(54(85)86)50(80-82)40-29-34(33-17-24-36(25-18-33)56(64,65)66)21-28-42(40)60(75,76)88-46-12-4-2-8-39(46)43-9-5-13-47(78-43)81-51(57(67,68)69)41(30-77-81)53(83)84/h1-14,19-21,26-31,33,35-36H,15-18,22-25H2,(H,83,84)(H,85,86). The predicted octanol–water partition coefficient (Wildman–Crippen LogP) is 17.2. The molecule has 0 saturated heterocycles. The second kappa shape index (κ2) is 23.3. The van der Waals surface area contributed by atoms with E-state index in [4.69, 9.17) is 9.47 Å². The lowest BCUT2D eigenvalue weighted by molar-refractivity contribution is -0.185. The first-order valence-corrected chi connectivity index (χ1v) is 26.8. The minimum Gasteiger partial charge on any atom is -0.478 e. The lowest BCUT2D eigenvalue weighted by Crippen LogP contribution is -2.27. The van der Waals surface area contributed by atoms with Gasteiger partial charge in [-0.2, -0.15) is 80.4 Å². The predicted molar refractivity (Wildman–Crippen MR) is 280 cm³/mol. The van der Waals surface area contributed by atoms with Gasteiger partial charge in [0.05, 0.1) is 40.5 Å². The van der Waals surface area contributed by atoms with Gasteiger partial charge in [-0.05, 0) is 147 Å². The van der Waals surface area contributed by atoms with Crippen LogP contribution in [-0.4, -0.2) is 64.0 Å². The third kappa shape index (κ3) is 12.7. The van der Waals surface area contributed by atoms with Crippen LogP contribution in [0.5, 0.6) is 11.5 Å². The number of carbonyl (C=O) groups is 2. The maximum absolute atomic E-state index is 17.4. The minimum atomic E-state index is -5.72. The summed E-state index contributed by atoms with van der Waals surface area (Å²) in [4.78, 5) is 33.4. The van der Waals surface area contributed by atoms with Crippen LogP contribution in [0.2, 0.25) is 0 Å². The molecule has 4 aromatic carbocycles. The molecule has 12 nitrogen and oxygen atoms in total. The number of nitrogens with zero attached hydrogens (tertiary/aromatic N) is 6. The quantitative estimate of drug-likeness (QED) is 0.0948. The zero-order valence-electron chi connectivity index (χ0n) is 44.9. The zero-order valence-corrected chi connectivity index (χ0v) is 44.9. The number of ether oxygens (including phenoxy) is 2. The summed E-state index contributed by atoms with van der Waals surface area (Å²) in [5, 5.41) is 27.7. The van der Waals surface area contributed by atoms with E-state index in [0.717, 1.165) is 78.9 Å². The highest BCUT2D eigenvalue weighted by molar-refractivity contribution is 5.97. The smallest absolute Gasteiger partial charge is 0.434 e. The second-order valence-corrected chi connectivity index (χ2v) is 21.0. The number of rotatable bonds is 15. The first-order valence-electron chi connectivity index (χ1n) is 26.8. The van der Waals surface area contributed by atoms with Crippen LogP contribution in [0.25, 0.3) is 45.4 Å². The van der Waals surface area contributed by atoms with Crippen molar-refractivity contribution in [3.05, 3.63) is 178 Å². The van der Waals surface area contributed by atoms with E-state index in [2.05, 4.69) is 20.2 Å². The first-order chi connectivity index (χ1) is 41.3. The van der Waals surface area contributed by atoms with Gasteiger partial charge >= 0.3 is 48.9 Å². The SMILES string of the molecule is O=C(O)c1cnn(-c2cccc(-c3ccccc3OC(F)(F)c3ccc(C4CCC(C(F)(F)F)CC4)cc3-c3nn(-c4cccc(-c5ccccc5OC(F)(F)c5ccc(C6CCC(C(F)(F)F)CC6)cc5)n4)c(C(F)(F)F)c3C(=O)O)n2)c1C(F)(F)F. The molecule has 0 unspecified atom stereocenters. The Bertz CT molecular complexity index is 3900. The van der Waals surface area contributed by atoms with Gasteiger partial charge in [0.1, 0.15) is 28.3 Å². The Kier molecular flexibility index (Phi) is 16.4. The van der Waals surface area contributed by atoms with Crippen LogP contribution >= 0.6 is 0 Å². The summed E-state index contributed by atoms with van der Waals surface area (Å²) in [6.07, 6.45) is -29.7. The molecule has 88 heavy (non-hydrogen) atoms. The van der Waals surface area contributed by atoms with Crippen LogP contribution < -0.4 is 9.47 Å². The summed E-state index contributed by atoms with van der Waals surface area (Å²) in [7, 11) is 0. The Balaban J connectivity index is 1.03. The van der Waals surface area contributed by atoms with E-state index < -0.39 is 147 Å². The van der Waals surface area contributed by atoms with Gasteiger partial charge in [0.15, 0.2) is 23.0 Å². The van der Waals surface area contributed by atoms with Gasteiger partial charge in [0.2, 0.25) is 0 Å². The van der Waals surface area contributed by atoms with Crippen LogP contribution in [0.3, 0.4) is 0 Å². The summed E-state index contributed by atoms with van der Waals surface area (Å²) in [6, 6.07) is 23.1. The van der Waals surface area contributed by atoms with Crippen molar-refractivity contribution in [3.8, 4) is 56.9 Å². The fourth-order valence-corrected chi connectivity index (χ4v) is 11.2. The van der Waals surface area contributed by atoms with Crippen molar-refractivity contribution in [1.82, 2.24) is 29.5 Å². The molecule has 8 aromatic rings. The normalized spacial score (nSPS) is 18.0. The van der Waals surface area contributed by atoms with Crippen LogP contribution in [0.1, 0.15) is 118 Å². The number of carboxylic acids is 2. The third-order valence-electron chi connectivity index (χ3n) is 15.5. The Labute approximate surface area is 487 Å². The molecule has 0 radical (unpaired) electrons. The first kappa shape index (κ1) is 62.1. The molecule has 4 heterocycles. The van der Waals surface area contributed by atoms with Crippen LogP contribution in [-0.2, 0) is 24.6 Å². The highest BCUT2D eigenvalue weighted by Gasteiger charge is 2.48. The lowest BCUT2D eigenvalue weighted by atomic mass is 9.77. The van der Waals surface area contributed by atoms with Gasteiger partial charge in [-0.25, -0.2) is 28.9 Å². The number of alkyl halides is 16. The van der Waals surface area contributed by atoms with Gasteiger partial charge in [-0.3, -0.25) is 0 Å². The molecule has 10 rings (SSSR count). The molecule has 0 spiro atoms. The average Bonchev–Trinajstić information content (AvgIpc) is 2.06. The summed E-state index contributed by atoms with van der Waals surface area (Å²) < 4.78 is 249. The van der Waals surface area contributed by atoms with E-state index in [9.17, 15) is 59.3 Å². The number of halogens is 16. The molecule has 0 bridgehead atoms. The molecule has 462 valence electrons. The number of hydrogen-bond acceptors (Lipinski definition) is 8. The monoisotopic (exact) mass is 1250 g/mol. The third-order valence-corrected chi connectivity index (χ3v) is 15.5. The number of benzene rings is 4. The highest BCUT2D eigenvalue weighted by Crippen LogP contribution is 2.49. The molecule has 28 heteroatoms. The van der Waals surface area contributed by atoms with Gasteiger partial charge in [-0.15, -0.1) is 0 Å². The molecular formula is C60H44F16N6O6. The largest absolute Gasteiger partial charge is 0.478 e. The van der Waals surface area contributed by atoms with Crippen molar-refractivity contribution in [2.45, 2.75) is 100 Å². The molecule has 0 atom stereocenters. The fourth-order valence-electron chi connectivity index (χ4n) is 11.2. The number of pyridine rings is 2. The second-order valence-electron chi connectivity index (χ2n) is 21.0. The average molecular weight is 1250 g/mol. The van der Waals surface area contributed by atoms with Crippen molar-refractivity contribution >= 4 is 11.9 Å². The molecule has 4 aromatic heterocycles. The number of carboxylic acid groups (broad SMARTS) is 2. The van der Waals surface area contributed by atoms with Crippen molar-refractivity contribution in [1.29, 1.82) is 0 Å². The number of aromatic carboxylic acids is 2. The summed E-state index contributed by atoms with van der Waals surface area (Å²) in [6.45, 7) is 0. The van der Waals surface area contributed by atoms with Gasteiger partial charge in [-0.1, -0.05) is 54.6 Å². The van der Waals surface area contributed by atoms with Crippen molar-refractivity contribution < 1.29 is 99.5 Å². The summed E-state index contributed by atoms with van der Waals surface area (Å²) in [5.41, 5.74) is -12.1. The molecular weight excluding hydrogens is 1200 g/mol. The van der Waals surface area contributed by atoms with E-state index in [1.165, 1.54) is 42.5 Å². The zero-order chi connectivity index (χ0) is 63.5. The van der Waals surface area contributed by atoms with Gasteiger partial charge in [0.25, 0.3) is 0 Å². The molecule has 0 aliphatic heterocycles. The van der Waals surface area contributed by atoms with Gasteiger partial charge in [0, 0.05) is 16.7 Å². The van der Waals surface area contributed by atoms with E-state index in [-0.39, 0.29) is 81.9 Å². The molecule has 2 aliphatic carbocycles. The lowest BCUT2D eigenvalue weighted by Gasteiger charge is -2.30. The van der Waals surface area contributed by atoms with Crippen molar-refractivity contribution in [2.75, 3.05) is 0 Å². The Morgan fingerprint density at radius 3 is 1.42 bits per heavy atom. The van der Waals surface area contributed by atoms with E-state index in [0.29, 0.717) is 17.8 Å². The Morgan fingerprint density at radius 1 is 0.477 bits per heavy atom. The minimum absolute atomic E-state index is 0.0183. The van der Waals surface area contributed by atoms with Gasteiger partial charge < -0.3 is 19.7 Å². The molecule has 0 amide bonds. The van der Waals surface area contributed by atoms with Crippen LogP contribution in [0.4, 0.5) is 70.2 Å². The number of hydrogen-bond donors (Lipinski definition) is 2. The number of aromatic nitrogens is 6. The molecule has 2 saturated carbocycles. The van der Waals surface area contributed by atoms with E-state index in [1.807, 2.05) is 0 Å². The Morgan fingerprint density at radius 2 is 0.943 bits per heavy atom. The highest BCUT2D eigenvalue weighted by atomic mass is 19.4. The summed E-state index contributed by atoms with van der Waals surface area (Å²) >= 11 is 0. The number of para-hydroxylation sites is 2. The molecule has 2 aliphatic rings. The molecule has 2 N–H and O–H groups in total. The van der Waals surface area contributed by atoms with Crippen molar-refractivity contribution in [2.24, 2.45) is 11.8 Å². The molecule has 2 fully saturated rings. The maximum atomic E-state index is 17.4. The fraction of sp³-hybridized carbons (Fsp3) is 0.300. The summed E-state index contributed by atoms with van der Waals surface area (Å²) in [5.74, 6) is -11.7. The van der Waals surface area contributed by atoms with E-state index >= 15 is 30.7 Å².